The molecular formula is C11H18N2O. The van der Waals surface area contributed by atoms with E-state index in [0.29, 0.717) is 6.04 Å². The summed E-state index contributed by atoms with van der Waals surface area (Å²) in [5, 5.41) is 9.68. The highest BCUT2D eigenvalue weighted by molar-refractivity contribution is 4.93. The quantitative estimate of drug-likeness (QED) is 0.742. The fourth-order valence-electron chi connectivity index (χ4n) is 2.38. The molecule has 3 heteroatoms. The summed E-state index contributed by atoms with van der Waals surface area (Å²) >= 11 is 0. The molecule has 0 saturated heterocycles. The van der Waals surface area contributed by atoms with E-state index < -0.39 is 0 Å². The van der Waals surface area contributed by atoms with Gasteiger partial charge in [0.05, 0.1) is 12.4 Å². The number of hydrogen-bond acceptors (Lipinski definition) is 2. The second-order valence-electron chi connectivity index (χ2n) is 4.94. The zero-order chi connectivity index (χ0) is 10.2. The molecule has 3 nitrogen and oxygen atoms in total. The second kappa shape index (κ2) is 3.39. The lowest BCUT2D eigenvalue weighted by Gasteiger charge is -2.41. The molecule has 0 radical (unpaired) electrons. The maximum Gasteiger partial charge on any atom is 0.0948 e. The number of aliphatic hydroxyl groups is 1. The van der Waals surface area contributed by atoms with Crippen LogP contribution in [0.2, 0.25) is 0 Å². The van der Waals surface area contributed by atoms with E-state index in [4.69, 9.17) is 0 Å². The summed E-state index contributed by atoms with van der Waals surface area (Å²) < 4.78 is 2.13. The Kier molecular flexibility index (Phi) is 2.35. The predicted molar refractivity (Wildman–Crippen MR) is 54.9 cm³/mol. The van der Waals surface area contributed by atoms with Crippen LogP contribution < -0.4 is 0 Å². The zero-order valence-electron chi connectivity index (χ0n) is 8.85. The summed E-state index contributed by atoms with van der Waals surface area (Å²) in [5.74, 6) is 0. The molecular weight excluding hydrogens is 176 g/mol. The van der Waals surface area contributed by atoms with Crippen LogP contribution in [0.15, 0.2) is 18.7 Å². The molecule has 78 valence electrons. The highest BCUT2D eigenvalue weighted by Gasteiger charge is 2.36. The van der Waals surface area contributed by atoms with Crippen molar-refractivity contribution in [3.05, 3.63) is 18.7 Å². The van der Waals surface area contributed by atoms with Crippen molar-refractivity contribution in [3.8, 4) is 0 Å². The van der Waals surface area contributed by atoms with E-state index >= 15 is 0 Å². The SMILES string of the molecule is CC1(C)CCC(O)CC1n1ccnc1. The molecule has 2 rings (SSSR count). The lowest BCUT2D eigenvalue weighted by atomic mass is 9.72. The molecule has 1 aromatic rings. The number of aromatic nitrogens is 2. The standard InChI is InChI=1S/C11H18N2O/c1-11(2)4-3-9(14)7-10(11)13-6-5-12-8-13/h5-6,8-10,14H,3-4,7H2,1-2H3. The third-order valence-corrected chi connectivity index (χ3v) is 3.40. The Bertz CT molecular complexity index is 292. The van der Waals surface area contributed by atoms with E-state index in [1.165, 1.54) is 0 Å². The Morgan fingerprint density at radius 3 is 2.93 bits per heavy atom. The summed E-state index contributed by atoms with van der Waals surface area (Å²) in [7, 11) is 0. The van der Waals surface area contributed by atoms with Gasteiger partial charge in [-0.15, -0.1) is 0 Å². The number of imidazole rings is 1. The van der Waals surface area contributed by atoms with Gasteiger partial charge in [0.1, 0.15) is 0 Å². The molecule has 1 aromatic heterocycles. The highest BCUT2D eigenvalue weighted by atomic mass is 16.3. The molecule has 1 saturated carbocycles. The van der Waals surface area contributed by atoms with Gasteiger partial charge in [0, 0.05) is 18.4 Å². The molecule has 0 aliphatic heterocycles. The first-order valence-corrected chi connectivity index (χ1v) is 5.25. The van der Waals surface area contributed by atoms with E-state index in [-0.39, 0.29) is 11.5 Å². The zero-order valence-corrected chi connectivity index (χ0v) is 8.85. The van der Waals surface area contributed by atoms with Crippen LogP contribution in [0.4, 0.5) is 0 Å². The van der Waals surface area contributed by atoms with Crippen molar-refractivity contribution in [2.75, 3.05) is 0 Å². The van der Waals surface area contributed by atoms with Crippen molar-refractivity contribution < 1.29 is 5.11 Å². The van der Waals surface area contributed by atoms with Gasteiger partial charge < -0.3 is 9.67 Å². The van der Waals surface area contributed by atoms with Gasteiger partial charge in [-0.25, -0.2) is 4.98 Å². The van der Waals surface area contributed by atoms with Crippen molar-refractivity contribution in [1.29, 1.82) is 0 Å². The van der Waals surface area contributed by atoms with Gasteiger partial charge in [0.25, 0.3) is 0 Å². The first-order chi connectivity index (χ1) is 6.59. The van der Waals surface area contributed by atoms with E-state index in [1.54, 1.807) is 6.20 Å². The molecule has 2 unspecified atom stereocenters. The van der Waals surface area contributed by atoms with Gasteiger partial charge in [-0.3, -0.25) is 0 Å². The molecule has 1 fully saturated rings. The van der Waals surface area contributed by atoms with Crippen LogP contribution in [0.1, 0.15) is 39.2 Å². The molecule has 0 bridgehead atoms. The summed E-state index contributed by atoms with van der Waals surface area (Å²) in [4.78, 5) is 4.07. The summed E-state index contributed by atoms with van der Waals surface area (Å²) in [6, 6.07) is 0.383. The van der Waals surface area contributed by atoms with Crippen molar-refractivity contribution in [2.45, 2.75) is 45.3 Å². The average molecular weight is 194 g/mol. The molecule has 0 amide bonds. The normalized spacial score (nSPS) is 31.6. The molecule has 0 spiro atoms. The van der Waals surface area contributed by atoms with Gasteiger partial charge in [-0.05, 0) is 24.7 Å². The lowest BCUT2D eigenvalue weighted by molar-refractivity contribution is 0.0343. The van der Waals surface area contributed by atoms with Crippen molar-refractivity contribution in [1.82, 2.24) is 9.55 Å². The Balaban J connectivity index is 2.22. The molecule has 1 aliphatic carbocycles. The smallest absolute Gasteiger partial charge is 0.0948 e. The Labute approximate surface area is 84.8 Å². The van der Waals surface area contributed by atoms with Gasteiger partial charge in [0.15, 0.2) is 0 Å². The van der Waals surface area contributed by atoms with Crippen molar-refractivity contribution in [3.63, 3.8) is 0 Å². The van der Waals surface area contributed by atoms with E-state index in [0.717, 1.165) is 19.3 Å². The van der Waals surface area contributed by atoms with Crippen LogP contribution >= 0.6 is 0 Å². The number of hydrogen-bond donors (Lipinski definition) is 1. The topological polar surface area (TPSA) is 38.0 Å². The molecule has 1 aliphatic rings. The maximum atomic E-state index is 9.68. The number of rotatable bonds is 1. The minimum atomic E-state index is -0.143. The monoisotopic (exact) mass is 194 g/mol. The van der Waals surface area contributed by atoms with Crippen LogP contribution in [0, 0.1) is 5.41 Å². The van der Waals surface area contributed by atoms with E-state index in [1.807, 2.05) is 12.5 Å². The van der Waals surface area contributed by atoms with E-state index in [2.05, 4.69) is 23.4 Å². The van der Waals surface area contributed by atoms with Crippen molar-refractivity contribution >= 4 is 0 Å². The van der Waals surface area contributed by atoms with Crippen LogP contribution in [0.3, 0.4) is 0 Å². The van der Waals surface area contributed by atoms with Crippen LogP contribution in [-0.4, -0.2) is 20.8 Å². The largest absolute Gasteiger partial charge is 0.393 e. The third kappa shape index (κ3) is 1.69. The second-order valence-corrected chi connectivity index (χ2v) is 4.94. The Hall–Kier alpha value is -0.830. The highest BCUT2D eigenvalue weighted by Crippen LogP contribution is 2.43. The van der Waals surface area contributed by atoms with Gasteiger partial charge in [-0.1, -0.05) is 13.8 Å². The summed E-state index contributed by atoms with van der Waals surface area (Å²) in [5.41, 5.74) is 0.264. The van der Waals surface area contributed by atoms with Crippen LogP contribution in [-0.2, 0) is 0 Å². The molecule has 0 aromatic carbocycles. The molecule has 2 atom stereocenters. The van der Waals surface area contributed by atoms with Gasteiger partial charge in [-0.2, -0.15) is 0 Å². The average Bonchev–Trinajstić information content (AvgIpc) is 2.62. The minimum absolute atomic E-state index is 0.143. The lowest BCUT2D eigenvalue weighted by Crippen LogP contribution is -2.35. The van der Waals surface area contributed by atoms with Crippen molar-refractivity contribution in [2.24, 2.45) is 5.41 Å². The Morgan fingerprint density at radius 2 is 2.29 bits per heavy atom. The molecule has 14 heavy (non-hydrogen) atoms. The first-order valence-electron chi connectivity index (χ1n) is 5.25. The van der Waals surface area contributed by atoms with Gasteiger partial charge >= 0.3 is 0 Å². The predicted octanol–water partition coefficient (Wildman–Crippen LogP) is 2.00. The summed E-state index contributed by atoms with van der Waals surface area (Å²) in [6.45, 7) is 4.53. The fraction of sp³-hybridized carbons (Fsp3) is 0.727. The number of nitrogens with zero attached hydrogens (tertiary/aromatic N) is 2. The number of aliphatic hydroxyl groups excluding tert-OH is 1. The maximum absolute atomic E-state index is 9.68. The Morgan fingerprint density at radius 1 is 1.50 bits per heavy atom. The van der Waals surface area contributed by atoms with Crippen LogP contribution in [0.25, 0.3) is 0 Å². The third-order valence-electron chi connectivity index (χ3n) is 3.40. The van der Waals surface area contributed by atoms with Gasteiger partial charge in [0.2, 0.25) is 0 Å². The van der Waals surface area contributed by atoms with Crippen LogP contribution in [0.5, 0.6) is 0 Å². The molecule has 1 heterocycles. The fourth-order valence-corrected chi connectivity index (χ4v) is 2.38. The summed E-state index contributed by atoms with van der Waals surface area (Å²) in [6.07, 6.45) is 8.36. The van der Waals surface area contributed by atoms with E-state index in [9.17, 15) is 5.11 Å². The molecule has 1 N–H and O–H groups in total. The first kappa shape index (κ1) is 9.71. The minimum Gasteiger partial charge on any atom is -0.393 e.